The molecule has 1 radical (unpaired) electrons. The van der Waals surface area contributed by atoms with Gasteiger partial charge in [0, 0.05) is 0 Å². The van der Waals surface area contributed by atoms with E-state index in [1.165, 1.54) is 16.9 Å². The third kappa shape index (κ3) is 2.32. The Hall–Kier alpha value is -0.901. The third-order valence-electron chi connectivity index (χ3n) is 1.71. The quantitative estimate of drug-likeness (QED) is 0.837. The molecule has 0 aliphatic rings. The van der Waals surface area contributed by atoms with Crippen LogP contribution < -0.4 is 9.22 Å². The molecule has 1 heterocycles. The molecule has 0 aliphatic heterocycles. The molecule has 0 saturated heterocycles. The predicted octanol–water partition coefficient (Wildman–Crippen LogP) is 1.38. The van der Waals surface area contributed by atoms with Crippen LogP contribution in [0.3, 0.4) is 0 Å². The van der Waals surface area contributed by atoms with E-state index in [4.69, 9.17) is 0 Å². The number of rotatable bonds is 2. The molecule has 0 spiro atoms. The molecule has 1 N–H and O–H groups in total. The van der Waals surface area contributed by atoms with E-state index in [0.29, 0.717) is 0 Å². The molecule has 0 atom stereocenters. The summed E-state index contributed by atoms with van der Waals surface area (Å²) in [6, 6.07) is 8.16. The average Bonchev–Trinajstić information content (AvgIpc) is 2.56. The van der Waals surface area contributed by atoms with E-state index in [1.807, 2.05) is 12.1 Å². The van der Waals surface area contributed by atoms with E-state index in [2.05, 4.69) is 50.6 Å². The van der Waals surface area contributed by atoms with Gasteiger partial charge in [-0.25, -0.2) is 0 Å². The van der Waals surface area contributed by atoms with Gasteiger partial charge in [-0.3, -0.25) is 0 Å². The second-order valence-corrected chi connectivity index (χ2v) is 5.24. The number of anilines is 2. The summed E-state index contributed by atoms with van der Waals surface area (Å²) < 4.78 is 0.847. The van der Waals surface area contributed by atoms with Crippen LogP contribution in [0.5, 0.6) is 0 Å². The van der Waals surface area contributed by atoms with Crippen molar-refractivity contribution in [1.82, 2.24) is 10.2 Å². The molecule has 0 bridgehead atoms. The van der Waals surface area contributed by atoms with Gasteiger partial charge in [0.15, 0.2) is 0 Å². The predicted molar refractivity (Wildman–Crippen MR) is 59.8 cm³/mol. The molecule has 1 aromatic carbocycles. The molecule has 3 nitrogen and oxygen atoms in total. The van der Waals surface area contributed by atoms with Crippen LogP contribution >= 0.6 is 11.3 Å². The number of aryl methyl sites for hydroxylation is 1. The third-order valence-corrected chi connectivity index (χ3v) is 3.04. The van der Waals surface area contributed by atoms with Gasteiger partial charge in [0.2, 0.25) is 0 Å². The number of aromatic nitrogens is 2. The van der Waals surface area contributed by atoms with E-state index < -0.39 is 0 Å². The zero-order chi connectivity index (χ0) is 9.97. The van der Waals surface area contributed by atoms with E-state index in [-0.39, 0.29) is 0 Å². The van der Waals surface area contributed by atoms with Crippen molar-refractivity contribution < 1.29 is 0 Å². The van der Waals surface area contributed by atoms with E-state index >= 15 is 0 Å². The van der Waals surface area contributed by atoms with Crippen molar-refractivity contribution in [3.8, 4) is 0 Å². The fraction of sp³-hybridized carbons (Fsp3) is 0.111. The minimum atomic E-state index is 0.808. The van der Waals surface area contributed by atoms with Crippen molar-refractivity contribution in [3.63, 3.8) is 0 Å². The Balaban J connectivity index is 2.15. The first-order valence-corrected chi connectivity index (χ1v) is 5.75. The minimum absolute atomic E-state index is 0.808. The van der Waals surface area contributed by atoms with Gasteiger partial charge in [0.1, 0.15) is 0 Å². The summed E-state index contributed by atoms with van der Waals surface area (Å²) in [5.74, 6) is 0. The Morgan fingerprint density at radius 1 is 1.21 bits per heavy atom. The summed E-state index contributed by atoms with van der Waals surface area (Å²) in [6.45, 7) is 2.06. The Labute approximate surface area is 94.4 Å². The SMILES string of the molecule is Cc1ccc(Nc2nnc([Se])s2)cc1. The molecule has 0 saturated carbocycles. The van der Waals surface area contributed by atoms with Gasteiger partial charge in [-0.2, -0.15) is 0 Å². The van der Waals surface area contributed by atoms with E-state index in [1.54, 1.807) is 0 Å². The van der Waals surface area contributed by atoms with Crippen molar-refractivity contribution in [2.45, 2.75) is 6.92 Å². The fourth-order valence-corrected chi connectivity index (χ4v) is 2.10. The average molecular weight is 269 g/mol. The van der Waals surface area contributed by atoms with Crippen LogP contribution in [0.2, 0.25) is 0 Å². The first-order valence-electron chi connectivity index (χ1n) is 4.08. The zero-order valence-corrected chi connectivity index (χ0v) is 10.0. The van der Waals surface area contributed by atoms with Gasteiger partial charge in [-0.1, -0.05) is 0 Å². The van der Waals surface area contributed by atoms with Gasteiger partial charge >= 0.3 is 94.3 Å². The molecule has 1 aromatic heterocycles. The van der Waals surface area contributed by atoms with Gasteiger partial charge in [0.05, 0.1) is 0 Å². The summed E-state index contributed by atoms with van der Waals surface area (Å²) in [7, 11) is 0. The second kappa shape index (κ2) is 4.09. The van der Waals surface area contributed by atoms with Crippen LogP contribution in [0.1, 0.15) is 5.56 Å². The van der Waals surface area contributed by atoms with Gasteiger partial charge in [0.25, 0.3) is 0 Å². The van der Waals surface area contributed by atoms with Crippen LogP contribution in [-0.2, 0) is 0 Å². The number of nitrogens with one attached hydrogen (secondary N) is 1. The fourth-order valence-electron chi connectivity index (χ4n) is 1.02. The van der Waals surface area contributed by atoms with E-state index in [0.717, 1.165) is 14.7 Å². The molecule has 5 heteroatoms. The van der Waals surface area contributed by atoms with Crippen LogP contribution in [0.15, 0.2) is 24.3 Å². The Morgan fingerprint density at radius 3 is 2.50 bits per heavy atom. The molecule has 0 fully saturated rings. The monoisotopic (exact) mass is 270 g/mol. The molecule has 71 valence electrons. The normalized spacial score (nSPS) is 10.1. The molecule has 0 unspecified atom stereocenters. The topological polar surface area (TPSA) is 37.8 Å². The van der Waals surface area contributed by atoms with Crippen molar-refractivity contribution in [1.29, 1.82) is 0 Å². The standard InChI is InChI=1S/C9H8N3SSe/c1-6-2-4-7(5-3-6)10-8-11-12-9(14)13-8/h2-5H,1H3,(H,10,11). The van der Waals surface area contributed by atoms with Gasteiger partial charge in [-0.15, -0.1) is 0 Å². The first-order chi connectivity index (χ1) is 6.74. The summed E-state index contributed by atoms with van der Waals surface area (Å²) in [6.07, 6.45) is 0. The van der Waals surface area contributed by atoms with Crippen molar-refractivity contribution in [2.24, 2.45) is 0 Å². The summed E-state index contributed by atoms with van der Waals surface area (Å²) >= 11 is 4.32. The van der Waals surface area contributed by atoms with Crippen LogP contribution in [0, 0.1) is 6.92 Å². The molecule has 14 heavy (non-hydrogen) atoms. The molecule has 0 amide bonds. The van der Waals surface area contributed by atoms with Crippen molar-refractivity contribution in [2.75, 3.05) is 5.32 Å². The second-order valence-electron chi connectivity index (χ2n) is 2.86. The number of nitrogens with zero attached hydrogens (tertiary/aromatic N) is 2. The van der Waals surface area contributed by atoms with Gasteiger partial charge < -0.3 is 0 Å². The summed E-state index contributed by atoms with van der Waals surface area (Å²) in [5.41, 5.74) is 2.28. The molecule has 2 rings (SSSR count). The Bertz CT molecular complexity index is 424. The van der Waals surface area contributed by atoms with Gasteiger partial charge in [-0.05, 0) is 0 Å². The molecule has 0 aliphatic carbocycles. The summed E-state index contributed by atoms with van der Waals surface area (Å²) in [5, 5.41) is 11.8. The van der Waals surface area contributed by atoms with E-state index in [9.17, 15) is 0 Å². The maximum atomic E-state index is 3.96. The number of hydrogen-bond acceptors (Lipinski definition) is 4. The maximum absolute atomic E-state index is 3.96. The Kier molecular flexibility index (Phi) is 2.82. The number of benzene rings is 1. The Morgan fingerprint density at radius 2 is 1.93 bits per heavy atom. The van der Waals surface area contributed by atoms with Crippen molar-refractivity contribution >= 4 is 42.1 Å². The zero-order valence-electron chi connectivity index (χ0n) is 7.52. The molecule has 2 aromatic rings. The van der Waals surface area contributed by atoms with Crippen LogP contribution in [0.25, 0.3) is 0 Å². The van der Waals surface area contributed by atoms with Crippen LogP contribution in [0.4, 0.5) is 10.8 Å². The number of hydrogen-bond donors (Lipinski definition) is 1. The molecular weight excluding hydrogens is 261 g/mol. The first kappa shape index (κ1) is 9.65. The summed E-state index contributed by atoms with van der Waals surface area (Å²) in [4.78, 5) is 0. The molecular formula is C9H8N3SSe. The van der Waals surface area contributed by atoms with Crippen LogP contribution in [-0.4, -0.2) is 26.2 Å². The van der Waals surface area contributed by atoms with Crippen molar-refractivity contribution in [3.05, 3.63) is 29.8 Å².